The van der Waals surface area contributed by atoms with E-state index < -0.39 is 24.2 Å². The third-order valence-corrected chi connectivity index (χ3v) is 12.7. The number of ether oxygens (including phenoxy) is 2. The number of benzene rings is 6. The topological polar surface area (TPSA) is 132 Å². The second-order valence-corrected chi connectivity index (χ2v) is 16.8. The number of aliphatic carboxylic acids is 1. The Balaban J connectivity index is 1.03. The summed E-state index contributed by atoms with van der Waals surface area (Å²) in [5.74, 6) is -0.548. The molecule has 2 amide bonds. The van der Waals surface area contributed by atoms with Crippen LogP contribution in [0.2, 0.25) is 10.0 Å². The molecule has 8 rings (SSSR count). The lowest BCUT2D eigenvalue weighted by Gasteiger charge is -2.42. The highest BCUT2D eigenvalue weighted by Crippen LogP contribution is 2.44. The molecule has 0 saturated carbocycles. The van der Waals surface area contributed by atoms with Gasteiger partial charge in [0.2, 0.25) is 12.0 Å². The summed E-state index contributed by atoms with van der Waals surface area (Å²) in [7, 11) is 0. The lowest BCUT2D eigenvalue weighted by molar-refractivity contribution is -0.143. The number of hydrogen-bond donors (Lipinski definition) is 2. The summed E-state index contributed by atoms with van der Waals surface area (Å²) in [5, 5.41) is 23.4. The molecular formula is C52H46Cl2N4O6. The van der Waals surface area contributed by atoms with Crippen LogP contribution in [-0.2, 0) is 40.4 Å². The summed E-state index contributed by atoms with van der Waals surface area (Å²) in [4.78, 5) is 45.3. The van der Waals surface area contributed by atoms with Crippen molar-refractivity contribution in [2.45, 2.75) is 70.5 Å². The summed E-state index contributed by atoms with van der Waals surface area (Å²) < 4.78 is 12.5. The normalized spacial score (nSPS) is 16.7. The maximum Gasteiger partial charge on any atom is 0.326 e. The van der Waals surface area contributed by atoms with E-state index in [0.29, 0.717) is 64.3 Å². The number of fused-ring (bicyclic) bond motifs is 2. The molecular weight excluding hydrogens is 847 g/mol. The predicted octanol–water partition coefficient (Wildman–Crippen LogP) is 10.3. The van der Waals surface area contributed by atoms with Crippen LogP contribution in [0.25, 0.3) is 11.1 Å². The molecule has 0 spiro atoms. The molecule has 0 unspecified atom stereocenters. The summed E-state index contributed by atoms with van der Waals surface area (Å²) in [6.45, 7) is 5.07. The number of carbonyl (C=O) groups excluding carboxylic acids is 2. The van der Waals surface area contributed by atoms with Gasteiger partial charge in [-0.1, -0.05) is 115 Å². The number of carboxylic acid groups (broad SMARTS) is 1. The second-order valence-electron chi connectivity index (χ2n) is 16.0. The Labute approximate surface area is 382 Å². The molecule has 0 fully saturated rings. The van der Waals surface area contributed by atoms with E-state index in [1.54, 1.807) is 29.2 Å². The Morgan fingerprint density at radius 1 is 0.859 bits per heavy atom. The van der Waals surface area contributed by atoms with Crippen LogP contribution in [0.3, 0.4) is 0 Å². The minimum absolute atomic E-state index is 0.0853. The fourth-order valence-corrected chi connectivity index (χ4v) is 8.94. The maximum atomic E-state index is 14.5. The molecule has 324 valence electrons. The van der Waals surface area contributed by atoms with Crippen LogP contribution in [0.15, 0.2) is 133 Å². The molecule has 2 aliphatic heterocycles. The number of nitriles is 1. The van der Waals surface area contributed by atoms with E-state index in [4.69, 9.17) is 37.9 Å². The SMILES string of the molecule is CC[C@@H](c1ccccc1)N1Cc2cc3c(cc2C[C@H]1C(=O)N[C@@H](Cc1ccc(-c2ccc(C#N)cc2)cc1)C(=O)O)N(CC)C(=O)[C@@H](c1ccc(OCc2ccc(Cl)c(Cl)c2)cc1)O3. The molecule has 4 atom stereocenters. The lowest BCUT2D eigenvalue weighted by atomic mass is 9.88. The van der Waals surface area contributed by atoms with Gasteiger partial charge in [0.25, 0.3) is 5.91 Å². The molecule has 6 aromatic rings. The number of nitrogens with one attached hydrogen (secondary N) is 1. The Bertz CT molecular complexity index is 2710. The Morgan fingerprint density at radius 3 is 2.19 bits per heavy atom. The molecule has 6 aromatic carbocycles. The number of halogens is 2. The summed E-state index contributed by atoms with van der Waals surface area (Å²) >= 11 is 12.2. The molecule has 10 nitrogen and oxygen atoms in total. The van der Waals surface area contributed by atoms with E-state index in [1.165, 1.54) is 0 Å². The van der Waals surface area contributed by atoms with Gasteiger partial charge in [0, 0.05) is 31.1 Å². The first-order valence-electron chi connectivity index (χ1n) is 21.3. The Kier molecular flexibility index (Phi) is 13.3. The highest BCUT2D eigenvalue weighted by Gasteiger charge is 2.41. The van der Waals surface area contributed by atoms with Crippen molar-refractivity contribution in [3.8, 4) is 28.7 Å². The lowest BCUT2D eigenvalue weighted by Crippen LogP contribution is -2.55. The third-order valence-electron chi connectivity index (χ3n) is 12.0. The van der Waals surface area contributed by atoms with Gasteiger partial charge >= 0.3 is 5.97 Å². The third kappa shape index (κ3) is 9.48. The quantitative estimate of drug-likeness (QED) is 0.111. The minimum Gasteiger partial charge on any atom is -0.489 e. The van der Waals surface area contributed by atoms with Crippen molar-refractivity contribution in [1.29, 1.82) is 5.26 Å². The monoisotopic (exact) mass is 892 g/mol. The summed E-state index contributed by atoms with van der Waals surface area (Å²) in [6, 6.07) is 41.5. The van der Waals surface area contributed by atoms with Crippen LogP contribution in [0.4, 0.5) is 5.69 Å². The molecule has 12 heteroatoms. The summed E-state index contributed by atoms with van der Waals surface area (Å²) in [6.07, 6.45) is 0.191. The van der Waals surface area contributed by atoms with Crippen LogP contribution in [-0.4, -0.2) is 46.4 Å². The smallest absolute Gasteiger partial charge is 0.326 e. The number of rotatable bonds is 14. The number of anilines is 1. The molecule has 2 N–H and O–H groups in total. The van der Waals surface area contributed by atoms with Crippen molar-refractivity contribution in [3.63, 3.8) is 0 Å². The van der Waals surface area contributed by atoms with Gasteiger partial charge in [-0.15, -0.1) is 0 Å². The first-order valence-corrected chi connectivity index (χ1v) is 22.0. The van der Waals surface area contributed by atoms with Crippen molar-refractivity contribution in [1.82, 2.24) is 10.2 Å². The van der Waals surface area contributed by atoms with Crippen LogP contribution < -0.4 is 19.7 Å². The Hall–Kier alpha value is -6.64. The molecule has 0 saturated heterocycles. The van der Waals surface area contributed by atoms with E-state index in [1.807, 2.05) is 104 Å². The van der Waals surface area contributed by atoms with Crippen molar-refractivity contribution in [2.24, 2.45) is 0 Å². The highest BCUT2D eigenvalue weighted by atomic mass is 35.5. The number of carboxylic acids is 1. The number of likely N-dealkylation sites (N-methyl/N-ethyl adjacent to an activating group) is 1. The van der Waals surface area contributed by atoms with Gasteiger partial charge in [-0.2, -0.15) is 5.26 Å². The minimum atomic E-state index is -1.18. The molecule has 2 aliphatic rings. The van der Waals surface area contributed by atoms with Gasteiger partial charge < -0.3 is 24.8 Å². The van der Waals surface area contributed by atoms with Crippen LogP contribution >= 0.6 is 23.2 Å². The molecule has 0 aliphatic carbocycles. The van der Waals surface area contributed by atoms with Crippen molar-refractivity contribution >= 4 is 46.7 Å². The number of hydrogen-bond acceptors (Lipinski definition) is 7. The highest BCUT2D eigenvalue weighted by molar-refractivity contribution is 6.42. The van der Waals surface area contributed by atoms with Gasteiger partial charge in [-0.25, -0.2) is 4.79 Å². The number of carbonyl (C=O) groups is 3. The maximum absolute atomic E-state index is 14.5. The second kappa shape index (κ2) is 19.4. The zero-order valence-corrected chi connectivity index (χ0v) is 36.9. The van der Waals surface area contributed by atoms with E-state index >= 15 is 0 Å². The molecule has 0 radical (unpaired) electrons. The molecule has 0 aromatic heterocycles. The predicted molar refractivity (Wildman–Crippen MR) is 247 cm³/mol. The fourth-order valence-electron chi connectivity index (χ4n) is 8.62. The number of amides is 2. The first kappa shape index (κ1) is 44.0. The van der Waals surface area contributed by atoms with Crippen molar-refractivity contribution in [2.75, 3.05) is 11.4 Å². The van der Waals surface area contributed by atoms with Gasteiger partial charge in [0.05, 0.1) is 33.4 Å². The zero-order valence-electron chi connectivity index (χ0n) is 35.3. The fraction of sp³-hybridized carbons (Fsp3) is 0.231. The van der Waals surface area contributed by atoms with Crippen LogP contribution in [0.1, 0.15) is 71.4 Å². The van der Waals surface area contributed by atoms with Crippen LogP contribution in [0.5, 0.6) is 11.5 Å². The van der Waals surface area contributed by atoms with Gasteiger partial charge in [0.1, 0.15) is 24.1 Å². The van der Waals surface area contributed by atoms with Gasteiger partial charge in [-0.3, -0.25) is 14.5 Å². The van der Waals surface area contributed by atoms with Crippen molar-refractivity contribution < 1.29 is 29.0 Å². The largest absolute Gasteiger partial charge is 0.489 e. The average molecular weight is 894 g/mol. The first-order chi connectivity index (χ1) is 31.0. The Morgan fingerprint density at radius 2 is 1.55 bits per heavy atom. The van der Waals surface area contributed by atoms with Crippen molar-refractivity contribution in [3.05, 3.63) is 182 Å². The van der Waals surface area contributed by atoms with E-state index in [-0.39, 0.29) is 30.9 Å². The van der Waals surface area contributed by atoms with E-state index in [2.05, 4.69) is 35.3 Å². The molecule has 0 bridgehead atoms. The van der Waals surface area contributed by atoms with E-state index in [9.17, 15) is 19.5 Å². The standard InChI is InChI=1S/C52H46Cl2N4O6/c1-3-45(37-8-6-5-7-9-37)58-30-40-28-48-46(57(4-2)51(60)49(64-48)38-19-21-41(22-20-38)63-31-34-14-23-42(53)43(54)24-34)26-39(40)27-47(58)50(59)56-44(52(61)62)25-32-10-15-35(16-11-32)36-17-12-33(29-55)13-18-36/h5-24,26,28,44-45,47,49H,3-4,25,27,30-31H2,1-2H3,(H,56,59)(H,61,62)/t44-,45-,47-,49+/m0/s1. The average Bonchev–Trinajstić information content (AvgIpc) is 3.32. The zero-order chi connectivity index (χ0) is 44.9. The van der Waals surface area contributed by atoms with Gasteiger partial charge in [-0.05, 0) is 107 Å². The molecule has 2 heterocycles. The number of nitrogens with zero attached hydrogens (tertiary/aromatic N) is 3. The van der Waals surface area contributed by atoms with Crippen LogP contribution in [0, 0.1) is 11.3 Å². The van der Waals surface area contributed by atoms with Gasteiger partial charge in [0.15, 0.2) is 0 Å². The summed E-state index contributed by atoms with van der Waals surface area (Å²) in [5.41, 5.74) is 8.25. The van der Waals surface area contributed by atoms with E-state index in [0.717, 1.165) is 38.9 Å². The molecule has 64 heavy (non-hydrogen) atoms.